The maximum Gasteiger partial charge on any atom is 0.326 e. The Kier molecular flexibility index (Phi) is 3.11. The average molecular weight is 251 g/mol. The minimum atomic E-state index is -0.978. The Bertz CT molecular complexity index is 491. The van der Waals surface area contributed by atoms with E-state index >= 15 is 0 Å². The van der Waals surface area contributed by atoms with Crippen molar-refractivity contribution in [2.24, 2.45) is 7.05 Å². The van der Waals surface area contributed by atoms with E-state index in [9.17, 15) is 9.59 Å². The van der Waals surface area contributed by atoms with Crippen LogP contribution in [0.4, 0.5) is 0 Å². The number of aryl methyl sites for hydroxylation is 2. The van der Waals surface area contributed by atoms with E-state index in [1.165, 1.54) is 9.58 Å². The number of carbonyl (C=O) groups is 2. The first-order valence-electron chi connectivity index (χ1n) is 5.98. The summed E-state index contributed by atoms with van der Waals surface area (Å²) in [5.41, 5.74) is 1.19. The molecule has 1 aliphatic carbocycles. The van der Waals surface area contributed by atoms with Gasteiger partial charge < -0.3 is 10.0 Å². The molecule has 6 heteroatoms. The number of carbonyl (C=O) groups excluding carboxylic acids is 1. The van der Waals surface area contributed by atoms with Crippen molar-refractivity contribution in [3.63, 3.8) is 0 Å². The molecular formula is C12H17N3O3. The molecule has 1 aliphatic rings. The van der Waals surface area contributed by atoms with Gasteiger partial charge in [-0.25, -0.2) is 4.79 Å². The molecule has 1 aromatic rings. The number of hydrogen-bond acceptors (Lipinski definition) is 3. The van der Waals surface area contributed by atoms with Crippen molar-refractivity contribution in [3.05, 3.63) is 17.5 Å². The summed E-state index contributed by atoms with van der Waals surface area (Å²) in [6.45, 7) is 3.35. The highest BCUT2D eigenvalue weighted by molar-refractivity contribution is 5.95. The monoisotopic (exact) mass is 251 g/mol. The molecule has 1 unspecified atom stereocenters. The second-order valence-electron chi connectivity index (χ2n) is 4.75. The topological polar surface area (TPSA) is 75.4 Å². The number of carboxylic acids is 1. The fourth-order valence-electron chi connectivity index (χ4n) is 2.07. The van der Waals surface area contributed by atoms with Crippen LogP contribution in [0.1, 0.15) is 35.9 Å². The van der Waals surface area contributed by atoms with Crippen LogP contribution in [0.15, 0.2) is 6.07 Å². The molecule has 98 valence electrons. The van der Waals surface area contributed by atoms with E-state index in [4.69, 9.17) is 5.11 Å². The third kappa shape index (κ3) is 2.23. The first-order valence-corrected chi connectivity index (χ1v) is 5.98. The lowest BCUT2D eigenvalue weighted by Gasteiger charge is -2.26. The number of aliphatic carboxylic acids is 1. The molecule has 1 amide bonds. The van der Waals surface area contributed by atoms with Gasteiger partial charge in [0.25, 0.3) is 5.91 Å². The van der Waals surface area contributed by atoms with Gasteiger partial charge in [-0.1, -0.05) is 0 Å². The molecule has 0 aromatic carbocycles. The van der Waals surface area contributed by atoms with Gasteiger partial charge >= 0.3 is 5.97 Å². The maximum atomic E-state index is 12.4. The Morgan fingerprint density at radius 1 is 1.56 bits per heavy atom. The summed E-state index contributed by atoms with van der Waals surface area (Å²) in [6.07, 6.45) is 1.75. The fraction of sp³-hybridized carbons (Fsp3) is 0.583. The predicted octanol–water partition coefficient (Wildman–Crippen LogP) is 0.806. The Morgan fingerprint density at radius 3 is 2.56 bits per heavy atom. The summed E-state index contributed by atoms with van der Waals surface area (Å²) in [5, 5.41) is 13.2. The van der Waals surface area contributed by atoms with Crippen molar-refractivity contribution < 1.29 is 14.7 Å². The molecule has 1 N–H and O–H groups in total. The van der Waals surface area contributed by atoms with Gasteiger partial charge in [-0.3, -0.25) is 9.48 Å². The first-order chi connectivity index (χ1) is 8.41. The Balaban J connectivity index is 2.29. The summed E-state index contributed by atoms with van der Waals surface area (Å²) in [4.78, 5) is 24.9. The Labute approximate surface area is 105 Å². The Hall–Kier alpha value is -1.85. The molecule has 1 saturated carbocycles. The zero-order valence-electron chi connectivity index (χ0n) is 10.8. The van der Waals surface area contributed by atoms with Crippen LogP contribution in [0.5, 0.6) is 0 Å². The molecule has 1 atom stereocenters. The molecule has 0 bridgehead atoms. The lowest BCUT2D eigenvalue weighted by molar-refractivity contribution is -0.141. The van der Waals surface area contributed by atoms with E-state index in [0.717, 1.165) is 18.5 Å². The van der Waals surface area contributed by atoms with Crippen molar-refractivity contribution >= 4 is 11.9 Å². The van der Waals surface area contributed by atoms with Crippen LogP contribution >= 0.6 is 0 Å². The van der Waals surface area contributed by atoms with E-state index in [-0.39, 0.29) is 11.9 Å². The van der Waals surface area contributed by atoms with E-state index in [2.05, 4.69) is 5.10 Å². The predicted molar refractivity (Wildman–Crippen MR) is 64.2 cm³/mol. The molecule has 0 spiro atoms. The zero-order chi connectivity index (χ0) is 13.4. The summed E-state index contributed by atoms with van der Waals surface area (Å²) in [6, 6.07) is 0.936. The number of aromatic nitrogens is 2. The molecule has 0 radical (unpaired) electrons. The molecule has 18 heavy (non-hydrogen) atoms. The molecule has 1 aromatic heterocycles. The van der Waals surface area contributed by atoms with Crippen molar-refractivity contribution in [1.29, 1.82) is 0 Å². The molecular weight excluding hydrogens is 234 g/mol. The third-order valence-electron chi connectivity index (χ3n) is 3.17. The van der Waals surface area contributed by atoms with Crippen LogP contribution in [0, 0.1) is 6.92 Å². The lowest BCUT2D eigenvalue weighted by Crippen LogP contribution is -2.45. The largest absolute Gasteiger partial charge is 0.480 e. The summed E-state index contributed by atoms with van der Waals surface area (Å²) in [7, 11) is 1.69. The van der Waals surface area contributed by atoms with Crippen LogP contribution in [0.3, 0.4) is 0 Å². The van der Waals surface area contributed by atoms with Crippen LogP contribution < -0.4 is 0 Å². The van der Waals surface area contributed by atoms with Gasteiger partial charge in [0.15, 0.2) is 0 Å². The minimum absolute atomic E-state index is 0.0545. The van der Waals surface area contributed by atoms with Gasteiger partial charge in [-0.2, -0.15) is 5.10 Å². The van der Waals surface area contributed by atoms with E-state index in [0.29, 0.717) is 5.69 Å². The highest BCUT2D eigenvalue weighted by Gasteiger charge is 2.39. The molecule has 1 fully saturated rings. The van der Waals surface area contributed by atoms with Gasteiger partial charge in [-0.15, -0.1) is 0 Å². The van der Waals surface area contributed by atoms with Gasteiger partial charge in [0.1, 0.15) is 11.7 Å². The second-order valence-corrected chi connectivity index (χ2v) is 4.75. The normalized spacial score (nSPS) is 16.4. The number of rotatable bonds is 4. The van der Waals surface area contributed by atoms with Crippen molar-refractivity contribution in [3.8, 4) is 0 Å². The smallest absolute Gasteiger partial charge is 0.326 e. The standard InChI is InChI=1S/C12H17N3O3/c1-7-6-10(14(3)13-7)11(16)15(9-4-5-9)8(2)12(17)18/h6,8-9H,4-5H2,1-3H3,(H,17,18). The zero-order valence-corrected chi connectivity index (χ0v) is 10.8. The van der Waals surface area contributed by atoms with Gasteiger partial charge in [0.05, 0.1) is 5.69 Å². The molecule has 0 aliphatic heterocycles. The van der Waals surface area contributed by atoms with Crippen molar-refractivity contribution in [2.45, 2.75) is 38.8 Å². The minimum Gasteiger partial charge on any atom is -0.480 e. The lowest BCUT2D eigenvalue weighted by atomic mass is 10.2. The first kappa shape index (κ1) is 12.6. The van der Waals surface area contributed by atoms with Gasteiger partial charge in [0, 0.05) is 13.1 Å². The quantitative estimate of drug-likeness (QED) is 0.859. The number of nitrogens with zero attached hydrogens (tertiary/aromatic N) is 3. The third-order valence-corrected chi connectivity index (χ3v) is 3.17. The van der Waals surface area contributed by atoms with E-state index in [1.807, 2.05) is 0 Å². The molecule has 6 nitrogen and oxygen atoms in total. The van der Waals surface area contributed by atoms with E-state index in [1.54, 1.807) is 27.0 Å². The average Bonchev–Trinajstić information content (AvgIpc) is 3.04. The highest BCUT2D eigenvalue weighted by Crippen LogP contribution is 2.30. The molecule has 1 heterocycles. The van der Waals surface area contributed by atoms with Gasteiger partial charge in [-0.05, 0) is 32.8 Å². The van der Waals surface area contributed by atoms with Crippen LogP contribution in [0.2, 0.25) is 0 Å². The Morgan fingerprint density at radius 2 is 2.17 bits per heavy atom. The summed E-state index contributed by atoms with van der Waals surface area (Å²) < 4.78 is 1.50. The summed E-state index contributed by atoms with van der Waals surface area (Å²) >= 11 is 0. The van der Waals surface area contributed by atoms with Gasteiger partial charge in [0.2, 0.25) is 0 Å². The highest BCUT2D eigenvalue weighted by atomic mass is 16.4. The van der Waals surface area contributed by atoms with Crippen molar-refractivity contribution in [1.82, 2.24) is 14.7 Å². The van der Waals surface area contributed by atoms with Crippen LogP contribution in [-0.2, 0) is 11.8 Å². The molecule has 0 saturated heterocycles. The van der Waals surface area contributed by atoms with Crippen molar-refractivity contribution in [2.75, 3.05) is 0 Å². The number of carboxylic acid groups (broad SMARTS) is 1. The fourth-order valence-corrected chi connectivity index (χ4v) is 2.07. The van der Waals surface area contributed by atoms with Crippen LogP contribution in [-0.4, -0.2) is 43.7 Å². The second kappa shape index (κ2) is 4.44. The number of amides is 1. The SMILES string of the molecule is Cc1cc(C(=O)N(C2CC2)C(C)C(=O)O)n(C)n1. The van der Waals surface area contributed by atoms with E-state index < -0.39 is 12.0 Å². The maximum absolute atomic E-state index is 12.4. The summed E-state index contributed by atoms with van der Waals surface area (Å²) in [5.74, 6) is -1.23. The van der Waals surface area contributed by atoms with Crippen LogP contribution in [0.25, 0.3) is 0 Å². The number of hydrogen-bond donors (Lipinski definition) is 1. The molecule has 2 rings (SSSR count).